The number of carbonyl (C=O) groups is 6. The number of H-pyrrole nitrogens is 4. The maximum Gasteiger partial charge on any atom is 0.360 e. The number of phenolic OH excluding ortho intramolecular Hbond substituents is 1. The summed E-state index contributed by atoms with van der Waals surface area (Å²) in [6.07, 6.45) is 14.5. The predicted octanol–water partition coefficient (Wildman–Crippen LogP) is 18.4. The number of hydrogen-bond donors (Lipinski definition) is 14. The van der Waals surface area contributed by atoms with E-state index in [1.165, 1.54) is 36.4 Å². The number of nitrogens with one attached hydrogen (secondary N) is 8. The van der Waals surface area contributed by atoms with Crippen LogP contribution in [-0.2, 0) is 31.1 Å². The monoisotopic (exact) mass is 2050 g/mol. The second kappa shape index (κ2) is 63.9. The van der Waals surface area contributed by atoms with E-state index in [-0.39, 0.29) is 139 Å². The lowest BCUT2D eigenvalue weighted by atomic mass is 9.95. The number of aromatic amines is 4. The Morgan fingerprint density at radius 3 is 1.39 bits per heavy atom. The van der Waals surface area contributed by atoms with Gasteiger partial charge in [-0.05, 0) is 111 Å². The van der Waals surface area contributed by atoms with Crippen LogP contribution < -0.4 is 49.0 Å². The molecule has 5 aliphatic rings. The summed E-state index contributed by atoms with van der Waals surface area (Å²) in [5.74, 6) is 2.89. The Hall–Kier alpha value is -13.8. The van der Waals surface area contributed by atoms with Crippen molar-refractivity contribution in [1.29, 1.82) is 0 Å². The molecule has 10 aromatic rings. The molecule has 46 heteroatoms. The second-order valence-corrected chi connectivity index (χ2v) is 39.4. The van der Waals surface area contributed by atoms with Crippen molar-refractivity contribution in [3.8, 4) is 11.5 Å². The zero-order chi connectivity index (χ0) is 109. The van der Waals surface area contributed by atoms with Gasteiger partial charge in [-0.1, -0.05) is 248 Å². The van der Waals surface area contributed by atoms with Crippen molar-refractivity contribution in [2.24, 2.45) is 63.1 Å². The minimum Gasteiger partial charge on any atom is -0.503 e. The van der Waals surface area contributed by atoms with Crippen molar-refractivity contribution in [3.05, 3.63) is 230 Å². The first kappa shape index (κ1) is 127. The molecule has 143 heavy (non-hydrogen) atoms. The van der Waals surface area contributed by atoms with Gasteiger partial charge < -0.3 is 54.7 Å². The number of rotatable bonds is 15. The van der Waals surface area contributed by atoms with Gasteiger partial charge in [0.1, 0.15) is 48.2 Å². The number of aryl methyl sites for hydroxylation is 1. The van der Waals surface area contributed by atoms with Crippen LogP contribution in [0.3, 0.4) is 0 Å². The second-order valence-electron chi connectivity index (χ2n) is 37.4. The van der Waals surface area contributed by atoms with Gasteiger partial charge in [0, 0.05) is 96.5 Å². The molecule has 3 fully saturated rings. The molecule has 0 saturated carbocycles. The average Bonchev–Trinajstić information content (AvgIpc) is 0.961. The molecule has 7 amide bonds. The minimum atomic E-state index is -0.904. The number of aromatic hydroxyl groups is 2. The summed E-state index contributed by atoms with van der Waals surface area (Å²) in [6.45, 7) is 63.7. The van der Waals surface area contributed by atoms with E-state index >= 15 is 0 Å². The van der Waals surface area contributed by atoms with Gasteiger partial charge in [-0.2, -0.15) is 24.5 Å². The molecule has 15 rings (SSSR count). The smallest absolute Gasteiger partial charge is 0.360 e. The third-order valence-electron chi connectivity index (χ3n) is 20.2. The first-order valence-corrected chi connectivity index (χ1v) is 48.2. The van der Waals surface area contributed by atoms with Gasteiger partial charge in [-0.25, -0.2) is 33.5 Å². The van der Waals surface area contributed by atoms with E-state index in [9.17, 15) is 61.5 Å². The molecular weight excluding hydrogens is 1900 g/mol. The molecule has 3 unspecified atom stereocenters. The molecule has 3 saturated heterocycles. The lowest BCUT2D eigenvalue weighted by molar-refractivity contribution is -0.126. The molecule has 5 aliphatic heterocycles. The summed E-state index contributed by atoms with van der Waals surface area (Å²) in [4.78, 5) is 132. The number of thioether (sulfide) groups is 1. The van der Waals surface area contributed by atoms with Gasteiger partial charge in [0.15, 0.2) is 23.1 Å². The fourth-order valence-corrected chi connectivity index (χ4v) is 13.1. The van der Waals surface area contributed by atoms with Crippen LogP contribution >= 0.6 is 23.3 Å². The topological polar surface area (TPSA) is 595 Å². The van der Waals surface area contributed by atoms with Gasteiger partial charge >= 0.3 is 11.7 Å². The van der Waals surface area contributed by atoms with E-state index in [2.05, 4.69) is 148 Å². The first-order chi connectivity index (χ1) is 66.6. The highest BCUT2D eigenvalue weighted by molar-refractivity contribution is 8.15. The largest absolute Gasteiger partial charge is 0.503 e. The fraction of sp³-hybridized carbons (Fsp3) is 0.536. The average molecular weight is 2050 g/mol. The molecule has 0 bridgehead atoms. The van der Waals surface area contributed by atoms with Gasteiger partial charge in [-0.15, -0.1) is 10.2 Å². The lowest BCUT2D eigenvalue weighted by Crippen LogP contribution is -2.33. The van der Waals surface area contributed by atoms with Crippen LogP contribution in [0.5, 0.6) is 11.5 Å². The van der Waals surface area contributed by atoms with Crippen molar-refractivity contribution < 1.29 is 86.9 Å². The normalized spacial score (nSPS) is 14.6. The summed E-state index contributed by atoms with van der Waals surface area (Å²) in [5.41, 5.74) is 6.74. The number of imidazole rings is 2. The minimum absolute atomic E-state index is 0.0173. The number of amides is 7. The zero-order valence-electron chi connectivity index (χ0n) is 87.7. The van der Waals surface area contributed by atoms with Crippen molar-refractivity contribution in [2.45, 2.75) is 291 Å². The molecule has 9 aromatic heterocycles. The summed E-state index contributed by atoms with van der Waals surface area (Å²) in [7, 11) is 1.84. The molecule has 3 atom stereocenters. The number of imide groups is 3. The van der Waals surface area contributed by atoms with Crippen molar-refractivity contribution in [3.63, 3.8) is 0 Å². The van der Waals surface area contributed by atoms with Gasteiger partial charge in [0.25, 0.3) is 27.8 Å². The van der Waals surface area contributed by atoms with Crippen LogP contribution in [0, 0.1) is 47.1 Å². The van der Waals surface area contributed by atoms with Gasteiger partial charge in [-0.3, -0.25) is 73.3 Å². The van der Waals surface area contributed by atoms with Crippen molar-refractivity contribution >= 4 is 69.6 Å². The van der Waals surface area contributed by atoms with Crippen molar-refractivity contribution in [2.75, 3.05) is 6.54 Å². The highest BCUT2D eigenvalue weighted by Gasteiger charge is 2.35. The van der Waals surface area contributed by atoms with Crippen LogP contribution in [0.1, 0.15) is 336 Å². The summed E-state index contributed by atoms with van der Waals surface area (Å²) >= 11 is 2.50. The van der Waals surface area contributed by atoms with Gasteiger partial charge in [0.2, 0.25) is 23.2 Å². The number of urea groups is 1. The quantitative estimate of drug-likeness (QED) is 0.0257. The number of allylic oxidation sites excluding steroid dienone is 1. The summed E-state index contributed by atoms with van der Waals surface area (Å²) in [6, 6.07) is 10.0. The molecule has 0 aliphatic carbocycles. The van der Waals surface area contributed by atoms with Gasteiger partial charge in [0.05, 0.1) is 58.5 Å². The Labute approximate surface area is 839 Å². The third kappa shape index (κ3) is 47.1. The third-order valence-corrected chi connectivity index (χ3v) is 22.6. The highest BCUT2D eigenvalue weighted by atomic mass is 32.2. The van der Waals surface area contributed by atoms with E-state index in [0.717, 1.165) is 100 Å². The number of phenols is 1. The maximum absolute atomic E-state index is 12.7. The number of oxime groups is 1. The van der Waals surface area contributed by atoms with E-state index in [0.29, 0.717) is 76.7 Å². The van der Waals surface area contributed by atoms with E-state index in [4.69, 9.17) is 44.8 Å². The molecule has 14 N–H and O–H groups in total. The number of halogens is 2. The molecule has 0 spiro atoms. The zero-order valence-corrected chi connectivity index (χ0v) is 89.3. The Morgan fingerprint density at radius 1 is 0.552 bits per heavy atom. The Kier molecular flexibility index (Phi) is 56.8. The van der Waals surface area contributed by atoms with Crippen LogP contribution in [-0.4, -0.2) is 159 Å². The summed E-state index contributed by atoms with van der Waals surface area (Å²) in [5, 5.41) is 91.3. The molecule has 794 valence electrons. The van der Waals surface area contributed by atoms with Crippen LogP contribution in [0.15, 0.2) is 169 Å². The first-order valence-electron chi connectivity index (χ1n) is 46.5. The maximum atomic E-state index is 12.7. The summed E-state index contributed by atoms with van der Waals surface area (Å²) < 4.78 is 47.0. The molecule has 0 radical (unpaired) electrons. The lowest BCUT2D eigenvalue weighted by Gasteiger charge is -2.09. The Balaban J connectivity index is 0.000000767. The van der Waals surface area contributed by atoms with E-state index in [1.54, 1.807) is 47.8 Å². The SMILES string of the molecule is C=C1CC(C(C)C)=NO1.CC(C)C1=NN=NC1.CC(C)C1CC(=O)NC1=O.CC(C)C1NC(=O)NC1=O.CC(C)C1SC(=O)NC1=O.CC(C)c1c[nH]oc1=O.CC(C)c1cc(=O)[nH]n1C.CC(C)c1cc(=O)[nH]o1.CC(C)c1cc(=O)[nH]s1.CC(C)c1cc(F)c(O)c(F)c1.CC(C)c1cccn1O.CC(C)c1cncn1O.CC(C)c1cnnn1O.CC(C)c1cocc(O)c1=O.CC(C)c1nccn1O. The number of carbonyl (C=O) groups excluding carboxylic acids is 6. The fourth-order valence-electron chi connectivity index (χ4n) is 11.6. The molecule has 42 nitrogen and oxygen atoms in total. The van der Waals surface area contributed by atoms with E-state index < -0.39 is 17.4 Å². The molecule has 14 heterocycles. The number of aromatic nitrogens is 13. The molecule has 1 aromatic carbocycles. The van der Waals surface area contributed by atoms with Crippen LogP contribution in [0.25, 0.3) is 0 Å². The van der Waals surface area contributed by atoms with E-state index in [1.807, 2.05) is 172 Å². The Bertz CT molecular complexity index is 5590. The van der Waals surface area contributed by atoms with Crippen LogP contribution in [0.4, 0.5) is 18.4 Å². The molecular formula is C97H149F2N21O21S2. The number of nitrogens with zero attached hydrogens (tertiary/aromatic N) is 13. The predicted molar refractivity (Wildman–Crippen MR) is 543 cm³/mol. The highest BCUT2D eigenvalue weighted by Crippen LogP contribution is 2.28. The Morgan fingerprint density at radius 2 is 1.15 bits per heavy atom. The number of benzene rings is 1. The van der Waals surface area contributed by atoms with Crippen LogP contribution in [0.2, 0.25) is 0 Å². The standard InChI is InChI=1S/C9H10F2O.C8H10O3.C7H12N2O.C7H11NO2.2C7H11NO.C6H10N2O2.2C6H10N2O.C6H9NO2S.2C6H9NO2.C6H9NOS.C5H9N3O.C5H9N3/c1-5(2)6-3-7(10)9(12)8(11)4-6;1-5(2)6-3-11-4-7(9)8(6)10;1-5(2)6-4-7(10)8-9(6)3;1-4(2)5-3-6(9)8-7(5)10;1-5(2)7-4-6(3)9-8-7;1-6(2)7-4-3-5-8(7)9;1-3(2)4-5(9)8-6(10)7-4;1-5(2)6-3-7-4-8(6)9;1-5(2)6-7-3-4-8(6)9;1-3(2)4-5(8)7-6(9)10-4;1-4(2)5-3-7-9-6(5)8;2*1-4(2)5-3-6(8)7-9-5;1-4(2)5-3-6-7-8(5)9;1-4(2)5-3-6-8-7-5/h3-5,12H,1-2H3;3-5,9H,1-2H3;4-5H,1-3H3,(H,8,10);4-5H,3H2,1-2H3,(H,8,9,10);5H,3-4H2,1-2H3;3-6,9H,1-2H3;3-4H,1-2H3,(H2,7,8,9,10);2*3-5,9H,1-2H3;3-4H,1-2H3,(H,7,8,9);3-4,7H,1-2H3;2*3-4H,1-2H3,(H,7,8);3-4,9H,1-2H3;4H,3H2,1-2H3. The number of hydrogen-bond acceptors (Lipinski definition) is 31. The van der Waals surface area contributed by atoms with Crippen molar-refractivity contribution in [1.82, 2.24) is 85.1 Å².